The van der Waals surface area contributed by atoms with Gasteiger partial charge in [-0.25, -0.2) is 4.79 Å². The minimum atomic E-state index is -0.447. The molecule has 1 aliphatic carbocycles. The minimum Gasteiger partial charge on any atom is -0.444 e. The lowest BCUT2D eigenvalue weighted by atomic mass is 9.88. The summed E-state index contributed by atoms with van der Waals surface area (Å²) in [5.74, 6) is 0.447. The Balaban J connectivity index is 1.76. The normalized spacial score (nSPS) is 23.9. The number of rotatable bonds is 2. The van der Waals surface area contributed by atoms with Crippen molar-refractivity contribution in [3.8, 4) is 0 Å². The third-order valence-corrected chi connectivity index (χ3v) is 5.22. The van der Waals surface area contributed by atoms with E-state index in [9.17, 15) is 4.79 Å². The zero-order valence-corrected chi connectivity index (χ0v) is 17.0. The lowest BCUT2D eigenvalue weighted by Crippen LogP contribution is -2.51. The first-order valence-electron chi connectivity index (χ1n) is 9.99. The number of allylic oxidation sites excluding steroid dienone is 2. The fraction of sp³-hybridized carbons (Fsp3) is 0.522. The van der Waals surface area contributed by atoms with Crippen LogP contribution in [0.4, 0.5) is 4.79 Å². The second kappa shape index (κ2) is 8.30. The van der Waals surface area contributed by atoms with E-state index in [0.717, 1.165) is 19.5 Å². The van der Waals surface area contributed by atoms with Gasteiger partial charge in [-0.1, -0.05) is 48.6 Å². The molecule has 4 nitrogen and oxygen atoms in total. The van der Waals surface area contributed by atoms with E-state index < -0.39 is 5.60 Å². The molecule has 2 atom stereocenters. The Bertz CT molecular complexity index is 709. The zero-order valence-electron chi connectivity index (χ0n) is 17.0. The second-order valence-corrected chi connectivity index (χ2v) is 8.40. The standard InChI is InChI=1S/C23H32N2O2/c1-5-9-19-12-8-11-18-10-6-7-13-20(18)21(19)24-14-16-25(17-15-24)22(26)27-23(2,3)4/h5-11,13,19,21H,12,14-17H2,1-4H3/b9-5-. The summed E-state index contributed by atoms with van der Waals surface area (Å²) >= 11 is 0. The van der Waals surface area contributed by atoms with Gasteiger partial charge in [0.2, 0.25) is 0 Å². The van der Waals surface area contributed by atoms with Crippen molar-refractivity contribution < 1.29 is 9.53 Å². The number of nitrogens with zero attached hydrogens (tertiary/aromatic N) is 2. The molecule has 27 heavy (non-hydrogen) atoms. The van der Waals surface area contributed by atoms with Crippen molar-refractivity contribution in [1.29, 1.82) is 0 Å². The van der Waals surface area contributed by atoms with Crippen LogP contribution in [0.3, 0.4) is 0 Å². The number of carbonyl (C=O) groups is 1. The molecule has 3 rings (SSSR count). The zero-order chi connectivity index (χ0) is 19.4. The van der Waals surface area contributed by atoms with Crippen LogP contribution in [-0.4, -0.2) is 47.7 Å². The summed E-state index contributed by atoms with van der Waals surface area (Å²) in [6.07, 6.45) is 9.88. The van der Waals surface area contributed by atoms with Crippen LogP contribution in [0, 0.1) is 5.92 Å². The van der Waals surface area contributed by atoms with E-state index in [4.69, 9.17) is 4.74 Å². The van der Waals surface area contributed by atoms with Gasteiger partial charge >= 0.3 is 6.09 Å². The van der Waals surface area contributed by atoms with E-state index in [2.05, 4.69) is 60.4 Å². The van der Waals surface area contributed by atoms with Crippen LogP contribution in [0.1, 0.15) is 51.3 Å². The van der Waals surface area contributed by atoms with E-state index in [1.807, 2.05) is 25.7 Å². The van der Waals surface area contributed by atoms with Gasteiger partial charge in [0.25, 0.3) is 0 Å². The van der Waals surface area contributed by atoms with Crippen LogP contribution in [0.2, 0.25) is 0 Å². The van der Waals surface area contributed by atoms with Crippen molar-refractivity contribution in [3.63, 3.8) is 0 Å². The summed E-state index contributed by atoms with van der Waals surface area (Å²) in [5.41, 5.74) is 2.25. The first-order valence-corrected chi connectivity index (χ1v) is 9.99. The van der Waals surface area contributed by atoms with E-state index in [0.29, 0.717) is 25.0 Å². The van der Waals surface area contributed by atoms with Crippen LogP contribution in [0.5, 0.6) is 0 Å². The highest BCUT2D eigenvalue weighted by molar-refractivity contribution is 5.68. The molecule has 2 aliphatic rings. The van der Waals surface area contributed by atoms with Crippen LogP contribution < -0.4 is 0 Å². The van der Waals surface area contributed by atoms with Gasteiger partial charge < -0.3 is 9.64 Å². The second-order valence-electron chi connectivity index (χ2n) is 8.40. The molecular weight excluding hydrogens is 336 g/mol. The van der Waals surface area contributed by atoms with Gasteiger partial charge in [0.1, 0.15) is 5.60 Å². The average Bonchev–Trinajstić information content (AvgIpc) is 2.80. The van der Waals surface area contributed by atoms with E-state index in [1.54, 1.807) is 0 Å². The molecule has 2 unspecified atom stereocenters. The third kappa shape index (κ3) is 4.81. The van der Waals surface area contributed by atoms with Gasteiger partial charge in [-0.3, -0.25) is 4.90 Å². The summed E-state index contributed by atoms with van der Waals surface area (Å²) in [4.78, 5) is 16.8. The molecule has 0 radical (unpaired) electrons. The summed E-state index contributed by atoms with van der Waals surface area (Å²) in [7, 11) is 0. The highest BCUT2D eigenvalue weighted by Crippen LogP contribution is 2.37. The van der Waals surface area contributed by atoms with E-state index >= 15 is 0 Å². The molecule has 1 saturated heterocycles. The predicted octanol–water partition coefficient (Wildman–Crippen LogP) is 4.89. The van der Waals surface area contributed by atoms with Crippen LogP contribution in [0.25, 0.3) is 6.08 Å². The van der Waals surface area contributed by atoms with Crippen LogP contribution in [0.15, 0.2) is 42.5 Å². The monoisotopic (exact) mass is 368 g/mol. The Kier molecular flexibility index (Phi) is 6.05. The molecule has 4 heteroatoms. The number of hydrogen-bond donors (Lipinski definition) is 0. The topological polar surface area (TPSA) is 32.8 Å². The van der Waals surface area contributed by atoms with Gasteiger partial charge in [0, 0.05) is 32.2 Å². The van der Waals surface area contributed by atoms with Gasteiger partial charge in [-0.05, 0) is 51.2 Å². The number of benzene rings is 1. The molecule has 1 aromatic carbocycles. The molecule has 0 saturated carbocycles. The summed E-state index contributed by atoms with van der Waals surface area (Å²) < 4.78 is 5.54. The number of hydrogen-bond acceptors (Lipinski definition) is 3. The van der Waals surface area contributed by atoms with Gasteiger partial charge in [-0.15, -0.1) is 0 Å². The Labute approximate surface area is 163 Å². The first-order chi connectivity index (χ1) is 12.9. The minimum absolute atomic E-state index is 0.199. The van der Waals surface area contributed by atoms with Crippen molar-refractivity contribution in [2.45, 2.75) is 45.8 Å². The Morgan fingerprint density at radius 2 is 1.85 bits per heavy atom. The smallest absolute Gasteiger partial charge is 0.410 e. The molecule has 1 fully saturated rings. The predicted molar refractivity (Wildman–Crippen MR) is 111 cm³/mol. The van der Waals surface area contributed by atoms with Crippen LogP contribution >= 0.6 is 0 Å². The third-order valence-electron chi connectivity index (χ3n) is 5.22. The highest BCUT2D eigenvalue weighted by atomic mass is 16.6. The van der Waals surface area contributed by atoms with E-state index in [1.165, 1.54) is 11.1 Å². The molecule has 146 valence electrons. The van der Waals surface area contributed by atoms with Crippen molar-refractivity contribution in [2.75, 3.05) is 26.2 Å². The number of fused-ring (bicyclic) bond motifs is 1. The lowest BCUT2D eigenvalue weighted by molar-refractivity contribution is 0.00786. The number of piperazine rings is 1. The molecule has 0 aromatic heterocycles. The highest BCUT2D eigenvalue weighted by Gasteiger charge is 2.33. The SMILES string of the molecule is C/C=C\C1CC=Cc2ccccc2C1N1CCN(C(=O)OC(C)(C)C)CC1. The van der Waals surface area contributed by atoms with Gasteiger partial charge in [0.15, 0.2) is 0 Å². The number of carbonyl (C=O) groups excluding carboxylic acids is 1. The molecule has 1 heterocycles. The van der Waals surface area contributed by atoms with Gasteiger partial charge in [0.05, 0.1) is 0 Å². The van der Waals surface area contributed by atoms with Crippen molar-refractivity contribution >= 4 is 12.2 Å². The molecular formula is C23H32N2O2. The average molecular weight is 369 g/mol. The molecule has 0 spiro atoms. The van der Waals surface area contributed by atoms with Crippen molar-refractivity contribution in [3.05, 3.63) is 53.6 Å². The molecule has 1 amide bonds. The Morgan fingerprint density at radius 1 is 1.15 bits per heavy atom. The number of ether oxygens (including phenoxy) is 1. The molecule has 1 aliphatic heterocycles. The maximum atomic E-state index is 12.4. The Morgan fingerprint density at radius 3 is 2.52 bits per heavy atom. The Hall–Kier alpha value is -2.07. The molecule has 1 aromatic rings. The lowest BCUT2D eigenvalue weighted by Gasteiger charge is -2.42. The fourth-order valence-electron chi connectivity index (χ4n) is 4.05. The van der Waals surface area contributed by atoms with Gasteiger partial charge in [-0.2, -0.15) is 0 Å². The van der Waals surface area contributed by atoms with Crippen molar-refractivity contribution in [2.24, 2.45) is 5.92 Å². The van der Waals surface area contributed by atoms with Crippen molar-refractivity contribution in [1.82, 2.24) is 9.80 Å². The maximum absolute atomic E-state index is 12.4. The quantitative estimate of drug-likeness (QED) is 0.697. The molecule has 0 N–H and O–H groups in total. The first kappa shape index (κ1) is 19.7. The maximum Gasteiger partial charge on any atom is 0.410 e. The summed E-state index contributed by atoms with van der Waals surface area (Å²) in [6.45, 7) is 11.0. The van der Waals surface area contributed by atoms with E-state index in [-0.39, 0.29) is 6.09 Å². The fourth-order valence-corrected chi connectivity index (χ4v) is 4.05. The largest absolute Gasteiger partial charge is 0.444 e. The summed E-state index contributed by atoms with van der Waals surface area (Å²) in [5, 5.41) is 0. The summed E-state index contributed by atoms with van der Waals surface area (Å²) in [6, 6.07) is 9.04. The molecule has 0 bridgehead atoms. The number of amides is 1. The van der Waals surface area contributed by atoms with Crippen LogP contribution in [-0.2, 0) is 4.74 Å².